The van der Waals surface area contributed by atoms with Crippen LogP contribution in [0.4, 0.5) is 0 Å². The van der Waals surface area contributed by atoms with Crippen LogP contribution in [0.5, 0.6) is 0 Å². The molecule has 2 atom stereocenters. The van der Waals surface area contributed by atoms with Crippen molar-refractivity contribution in [2.24, 2.45) is 5.92 Å². The van der Waals surface area contributed by atoms with E-state index in [0.717, 1.165) is 0 Å². The molecule has 2 unspecified atom stereocenters. The summed E-state index contributed by atoms with van der Waals surface area (Å²) in [5.41, 5.74) is 0. The lowest BCUT2D eigenvalue weighted by atomic mass is 10.4. The maximum Gasteiger partial charge on any atom is 0.315 e. The number of ether oxygens (including phenoxy) is 1. The Kier molecular flexibility index (Phi) is 1.57. The molecule has 56 valence electrons. The van der Waals surface area contributed by atoms with Crippen molar-refractivity contribution in [2.75, 3.05) is 7.11 Å². The molecular formula is C5H7NO4. The molecule has 1 fully saturated rings. The van der Waals surface area contributed by atoms with Crippen LogP contribution < -0.4 is 0 Å². The number of hydrogen-bond acceptors (Lipinski definition) is 4. The minimum absolute atomic E-state index is 0.333. The molecule has 5 heteroatoms. The number of rotatable bonds is 2. The topological polar surface area (TPSA) is 69.4 Å². The van der Waals surface area contributed by atoms with Crippen LogP contribution in [0.2, 0.25) is 0 Å². The third kappa shape index (κ3) is 1.07. The molecule has 0 bridgehead atoms. The van der Waals surface area contributed by atoms with E-state index < -0.39 is 22.9 Å². The molecule has 0 amide bonds. The van der Waals surface area contributed by atoms with Crippen molar-refractivity contribution in [1.29, 1.82) is 0 Å². The minimum atomic E-state index is -0.688. The first-order chi connectivity index (χ1) is 4.66. The van der Waals surface area contributed by atoms with Crippen LogP contribution in [-0.2, 0) is 9.53 Å². The van der Waals surface area contributed by atoms with E-state index in [1.807, 2.05) is 0 Å². The molecule has 1 aliphatic rings. The molecule has 0 aliphatic heterocycles. The Morgan fingerprint density at radius 1 is 1.80 bits per heavy atom. The highest BCUT2D eigenvalue weighted by Gasteiger charge is 2.54. The Balaban J connectivity index is 2.38. The van der Waals surface area contributed by atoms with Crippen molar-refractivity contribution in [1.82, 2.24) is 0 Å². The van der Waals surface area contributed by atoms with Gasteiger partial charge in [-0.2, -0.15) is 0 Å². The summed E-state index contributed by atoms with van der Waals surface area (Å²) >= 11 is 0. The van der Waals surface area contributed by atoms with Gasteiger partial charge in [-0.3, -0.25) is 14.9 Å². The average molecular weight is 145 g/mol. The highest BCUT2D eigenvalue weighted by atomic mass is 16.6. The van der Waals surface area contributed by atoms with Crippen molar-refractivity contribution in [3.63, 3.8) is 0 Å². The summed E-state index contributed by atoms with van der Waals surface area (Å²) in [4.78, 5) is 20.1. The van der Waals surface area contributed by atoms with Crippen LogP contribution in [0, 0.1) is 16.0 Å². The van der Waals surface area contributed by atoms with Gasteiger partial charge < -0.3 is 4.74 Å². The zero-order valence-electron chi connectivity index (χ0n) is 5.44. The number of carbonyl (C=O) groups is 1. The predicted molar refractivity (Wildman–Crippen MR) is 30.9 cm³/mol. The molecule has 1 aliphatic carbocycles. The quantitative estimate of drug-likeness (QED) is 0.307. The van der Waals surface area contributed by atoms with E-state index in [-0.39, 0.29) is 0 Å². The monoisotopic (exact) mass is 145 g/mol. The molecule has 10 heavy (non-hydrogen) atoms. The second-order valence-corrected chi connectivity index (χ2v) is 2.22. The second kappa shape index (κ2) is 2.24. The van der Waals surface area contributed by atoms with E-state index >= 15 is 0 Å². The van der Waals surface area contributed by atoms with Gasteiger partial charge in [0, 0.05) is 11.3 Å². The SMILES string of the molecule is COC(=O)C1CC1[N+](=O)[O-]. The summed E-state index contributed by atoms with van der Waals surface area (Å²) in [5, 5.41) is 9.99. The second-order valence-electron chi connectivity index (χ2n) is 2.22. The van der Waals surface area contributed by atoms with Gasteiger partial charge in [0.1, 0.15) is 5.92 Å². The lowest BCUT2D eigenvalue weighted by molar-refractivity contribution is -0.497. The molecule has 0 saturated heterocycles. The van der Waals surface area contributed by atoms with E-state index in [1.54, 1.807) is 0 Å². The van der Waals surface area contributed by atoms with Crippen molar-refractivity contribution < 1.29 is 14.5 Å². The van der Waals surface area contributed by atoms with E-state index in [4.69, 9.17) is 0 Å². The third-order valence-corrected chi connectivity index (χ3v) is 1.53. The van der Waals surface area contributed by atoms with Gasteiger partial charge in [0.25, 0.3) is 0 Å². The van der Waals surface area contributed by atoms with Gasteiger partial charge in [-0.05, 0) is 0 Å². The lowest BCUT2D eigenvalue weighted by Crippen LogP contribution is -2.11. The number of esters is 1. The molecule has 0 radical (unpaired) electrons. The van der Waals surface area contributed by atoms with Crippen molar-refractivity contribution in [3.05, 3.63) is 10.1 Å². The first kappa shape index (κ1) is 6.98. The van der Waals surface area contributed by atoms with Crippen molar-refractivity contribution in [2.45, 2.75) is 12.5 Å². The highest BCUT2D eigenvalue weighted by molar-refractivity contribution is 5.76. The maximum absolute atomic E-state index is 10.6. The van der Waals surface area contributed by atoms with Gasteiger partial charge in [-0.25, -0.2) is 0 Å². The molecule has 0 heterocycles. The fourth-order valence-electron chi connectivity index (χ4n) is 0.819. The molecule has 0 aromatic rings. The summed E-state index contributed by atoms with van der Waals surface area (Å²) in [6.45, 7) is 0. The van der Waals surface area contributed by atoms with Gasteiger partial charge in [0.05, 0.1) is 7.11 Å². The number of nitro groups is 1. The van der Waals surface area contributed by atoms with Crippen molar-refractivity contribution in [3.8, 4) is 0 Å². The molecule has 1 saturated carbocycles. The molecule has 0 aromatic carbocycles. The lowest BCUT2D eigenvalue weighted by Gasteiger charge is -1.91. The van der Waals surface area contributed by atoms with Gasteiger partial charge in [0.15, 0.2) is 0 Å². The summed E-state index contributed by atoms with van der Waals surface area (Å²) in [6, 6.07) is -0.688. The van der Waals surface area contributed by atoms with E-state index in [9.17, 15) is 14.9 Å². The Hall–Kier alpha value is -1.13. The zero-order chi connectivity index (χ0) is 7.72. The third-order valence-electron chi connectivity index (χ3n) is 1.53. The molecule has 5 nitrogen and oxygen atoms in total. The maximum atomic E-state index is 10.6. The summed E-state index contributed by atoms with van der Waals surface area (Å²) in [6.07, 6.45) is 0.333. The highest BCUT2D eigenvalue weighted by Crippen LogP contribution is 2.33. The van der Waals surface area contributed by atoms with E-state index in [1.165, 1.54) is 7.11 Å². The van der Waals surface area contributed by atoms with Gasteiger partial charge in [-0.1, -0.05) is 0 Å². The fraction of sp³-hybridized carbons (Fsp3) is 0.800. The van der Waals surface area contributed by atoms with Gasteiger partial charge >= 0.3 is 5.97 Å². The van der Waals surface area contributed by atoms with E-state index in [2.05, 4.69) is 4.74 Å². The summed E-state index contributed by atoms with van der Waals surface area (Å²) < 4.78 is 4.31. The Morgan fingerprint density at radius 3 is 2.70 bits per heavy atom. The minimum Gasteiger partial charge on any atom is -0.469 e. The fourth-order valence-corrected chi connectivity index (χ4v) is 0.819. The molecule has 0 spiro atoms. The Morgan fingerprint density at radius 2 is 2.40 bits per heavy atom. The molecule has 0 N–H and O–H groups in total. The number of carbonyl (C=O) groups excluding carboxylic acids is 1. The zero-order valence-corrected chi connectivity index (χ0v) is 5.44. The average Bonchev–Trinajstić information content (AvgIpc) is 2.64. The first-order valence-electron chi connectivity index (χ1n) is 2.88. The first-order valence-corrected chi connectivity index (χ1v) is 2.88. The smallest absolute Gasteiger partial charge is 0.315 e. The standard InChI is InChI=1S/C5H7NO4/c1-10-5(7)3-2-4(3)6(8)9/h3-4H,2H2,1H3. The largest absolute Gasteiger partial charge is 0.469 e. The van der Waals surface area contributed by atoms with E-state index in [0.29, 0.717) is 6.42 Å². The van der Waals surface area contributed by atoms with Crippen LogP contribution >= 0.6 is 0 Å². The number of methoxy groups -OCH3 is 1. The van der Waals surface area contributed by atoms with Crippen LogP contribution in [0.15, 0.2) is 0 Å². The van der Waals surface area contributed by atoms with Gasteiger partial charge in [0.2, 0.25) is 6.04 Å². The normalized spacial score (nSPS) is 29.3. The molecular weight excluding hydrogens is 138 g/mol. The number of hydrogen-bond donors (Lipinski definition) is 0. The van der Waals surface area contributed by atoms with Crippen molar-refractivity contribution >= 4 is 5.97 Å². The Bertz CT molecular complexity index is 178. The van der Waals surface area contributed by atoms with Crippen LogP contribution in [0.25, 0.3) is 0 Å². The van der Waals surface area contributed by atoms with Crippen LogP contribution in [-0.4, -0.2) is 24.0 Å². The molecule has 0 aromatic heterocycles. The van der Waals surface area contributed by atoms with Gasteiger partial charge in [-0.15, -0.1) is 0 Å². The summed E-state index contributed by atoms with van der Waals surface area (Å²) in [7, 11) is 1.23. The predicted octanol–water partition coefficient (Wildman–Crippen LogP) is -0.175. The summed E-state index contributed by atoms with van der Waals surface area (Å²) in [5.74, 6) is -0.957. The Labute approximate surface area is 57.1 Å². The number of nitrogens with zero attached hydrogens (tertiary/aromatic N) is 1. The molecule has 1 rings (SSSR count). The van der Waals surface area contributed by atoms with Crippen LogP contribution in [0.3, 0.4) is 0 Å². The van der Waals surface area contributed by atoms with Crippen LogP contribution in [0.1, 0.15) is 6.42 Å².